The predicted octanol–water partition coefficient (Wildman–Crippen LogP) is 3.51. The zero-order chi connectivity index (χ0) is 15.3. The lowest BCUT2D eigenvalue weighted by molar-refractivity contribution is -0.121. The molecule has 0 atom stereocenters. The Hall–Kier alpha value is -1.54. The highest BCUT2D eigenvalue weighted by Gasteiger charge is 2.33. The fraction of sp³-hybridized carbons (Fsp3) is 0.500. The largest absolute Gasteiger partial charge is 0.376 e. The van der Waals surface area contributed by atoms with E-state index in [1.165, 1.54) is 0 Å². The summed E-state index contributed by atoms with van der Waals surface area (Å²) in [6.45, 7) is 2.18. The Balaban J connectivity index is 1.91. The molecule has 1 saturated carbocycles. The molecule has 1 aliphatic rings. The van der Waals surface area contributed by atoms with Crippen molar-refractivity contribution in [3.8, 4) is 6.07 Å². The number of carbonyl (C=O) groups excluding carboxylic acids is 1. The number of aryl methyl sites for hydroxylation is 1. The topological polar surface area (TPSA) is 64.9 Å². The van der Waals surface area contributed by atoms with Crippen LogP contribution in [0.2, 0.25) is 0 Å². The highest BCUT2D eigenvalue weighted by molar-refractivity contribution is 9.10. The molecule has 112 valence electrons. The fourth-order valence-corrected chi connectivity index (χ4v) is 3.21. The number of anilines is 1. The van der Waals surface area contributed by atoms with Crippen LogP contribution in [0.5, 0.6) is 0 Å². The van der Waals surface area contributed by atoms with Gasteiger partial charge >= 0.3 is 0 Å². The van der Waals surface area contributed by atoms with Crippen LogP contribution in [-0.2, 0) is 4.79 Å². The third-order valence-corrected chi connectivity index (χ3v) is 4.42. The van der Waals surface area contributed by atoms with Crippen molar-refractivity contribution in [1.82, 2.24) is 5.32 Å². The zero-order valence-corrected chi connectivity index (χ0v) is 13.8. The molecule has 1 aromatic carbocycles. The van der Waals surface area contributed by atoms with Crippen LogP contribution in [0.4, 0.5) is 5.69 Å². The van der Waals surface area contributed by atoms with Crippen molar-refractivity contribution >= 4 is 27.5 Å². The van der Waals surface area contributed by atoms with Crippen LogP contribution < -0.4 is 10.6 Å². The number of halogens is 1. The van der Waals surface area contributed by atoms with E-state index < -0.39 is 5.54 Å². The monoisotopic (exact) mass is 349 g/mol. The van der Waals surface area contributed by atoms with E-state index in [9.17, 15) is 10.1 Å². The van der Waals surface area contributed by atoms with E-state index in [1.54, 1.807) is 0 Å². The highest BCUT2D eigenvalue weighted by Crippen LogP contribution is 2.27. The minimum atomic E-state index is -0.661. The average molecular weight is 350 g/mol. The van der Waals surface area contributed by atoms with Gasteiger partial charge in [-0.25, -0.2) is 0 Å². The first-order valence-corrected chi connectivity index (χ1v) is 8.06. The van der Waals surface area contributed by atoms with Gasteiger partial charge in [-0.05, 0) is 43.5 Å². The van der Waals surface area contributed by atoms with Crippen molar-refractivity contribution in [2.45, 2.75) is 44.6 Å². The Kier molecular flexibility index (Phi) is 5.24. The Morgan fingerprint density at radius 2 is 2.10 bits per heavy atom. The second-order valence-corrected chi connectivity index (χ2v) is 6.53. The molecule has 0 bridgehead atoms. The summed E-state index contributed by atoms with van der Waals surface area (Å²) in [4.78, 5) is 12.1. The molecule has 0 unspecified atom stereocenters. The van der Waals surface area contributed by atoms with Crippen molar-refractivity contribution in [1.29, 1.82) is 5.26 Å². The molecule has 0 aliphatic heterocycles. The highest BCUT2D eigenvalue weighted by atomic mass is 79.9. The molecular formula is C16H20BrN3O. The summed E-state index contributed by atoms with van der Waals surface area (Å²) in [5.41, 5.74) is 1.35. The summed E-state index contributed by atoms with van der Waals surface area (Å²) in [5, 5.41) is 15.4. The van der Waals surface area contributed by atoms with Gasteiger partial charge < -0.3 is 10.6 Å². The Morgan fingerprint density at radius 1 is 1.38 bits per heavy atom. The number of nitrogens with zero attached hydrogens (tertiary/aromatic N) is 1. The maximum Gasteiger partial charge on any atom is 0.240 e. The van der Waals surface area contributed by atoms with Crippen molar-refractivity contribution in [3.63, 3.8) is 0 Å². The number of nitriles is 1. The Labute approximate surface area is 134 Å². The SMILES string of the molecule is Cc1cc(Br)ccc1NCC(=O)NC1(C#N)CCCCC1. The Bertz CT molecular complexity index is 559. The number of hydrogen-bond acceptors (Lipinski definition) is 3. The molecule has 2 N–H and O–H groups in total. The first-order valence-electron chi connectivity index (χ1n) is 7.27. The van der Waals surface area contributed by atoms with E-state index in [0.717, 1.165) is 47.8 Å². The van der Waals surface area contributed by atoms with Crippen LogP contribution in [0.3, 0.4) is 0 Å². The summed E-state index contributed by atoms with van der Waals surface area (Å²) in [6.07, 6.45) is 4.68. The standard InChI is InChI=1S/C16H20BrN3O/c1-12-9-13(17)5-6-14(12)19-10-15(21)20-16(11-18)7-3-2-4-8-16/h5-6,9,19H,2-4,7-8,10H2,1H3,(H,20,21). The molecule has 1 amide bonds. The molecule has 2 rings (SSSR count). The number of hydrogen-bond donors (Lipinski definition) is 2. The van der Waals surface area contributed by atoms with Crippen LogP contribution in [0.1, 0.15) is 37.7 Å². The van der Waals surface area contributed by atoms with E-state index in [4.69, 9.17) is 0 Å². The molecule has 0 spiro atoms. The van der Waals surface area contributed by atoms with Gasteiger partial charge in [0.1, 0.15) is 5.54 Å². The van der Waals surface area contributed by atoms with E-state index in [-0.39, 0.29) is 12.5 Å². The summed E-state index contributed by atoms with van der Waals surface area (Å²) in [7, 11) is 0. The van der Waals surface area contributed by atoms with E-state index in [0.29, 0.717) is 0 Å². The van der Waals surface area contributed by atoms with Gasteiger partial charge in [0.2, 0.25) is 5.91 Å². The molecule has 0 radical (unpaired) electrons. The van der Waals surface area contributed by atoms with E-state index in [1.807, 2.05) is 25.1 Å². The van der Waals surface area contributed by atoms with Crippen molar-refractivity contribution < 1.29 is 4.79 Å². The third kappa shape index (κ3) is 4.21. The van der Waals surface area contributed by atoms with Crippen molar-refractivity contribution in [2.24, 2.45) is 0 Å². The number of benzene rings is 1. The van der Waals surface area contributed by atoms with Crippen molar-refractivity contribution in [3.05, 3.63) is 28.2 Å². The molecule has 1 fully saturated rings. The average Bonchev–Trinajstić information content (AvgIpc) is 2.47. The maximum absolute atomic E-state index is 12.1. The second-order valence-electron chi connectivity index (χ2n) is 5.62. The van der Waals surface area contributed by atoms with Crippen LogP contribution in [0.15, 0.2) is 22.7 Å². The van der Waals surface area contributed by atoms with Crippen molar-refractivity contribution in [2.75, 3.05) is 11.9 Å². The van der Waals surface area contributed by atoms with Gasteiger partial charge in [-0.2, -0.15) is 5.26 Å². The first kappa shape index (κ1) is 15.8. The molecule has 1 aromatic rings. The molecule has 0 heterocycles. The van der Waals surface area contributed by atoms with Gasteiger partial charge in [0.15, 0.2) is 0 Å². The molecule has 0 aromatic heterocycles. The smallest absolute Gasteiger partial charge is 0.240 e. The number of rotatable bonds is 4. The van der Waals surface area contributed by atoms with Crippen LogP contribution in [0, 0.1) is 18.3 Å². The fourth-order valence-electron chi connectivity index (χ4n) is 2.73. The van der Waals surface area contributed by atoms with Crippen LogP contribution >= 0.6 is 15.9 Å². The Morgan fingerprint density at radius 3 is 2.71 bits per heavy atom. The number of nitrogens with one attached hydrogen (secondary N) is 2. The van der Waals surface area contributed by atoms with E-state index in [2.05, 4.69) is 32.6 Å². The number of carbonyl (C=O) groups is 1. The number of amides is 1. The zero-order valence-electron chi connectivity index (χ0n) is 12.2. The first-order chi connectivity index (χ1) is 10.0. The summed E-state index contributed by atoms with van der Waals surface area (Å²) < 4.78 is 1.01. The van der Waals surface area contributed by atoms with Crippen LogP contribution in [-0.4, -0.2) is 18.0 Å². The van der Waals surface area contributed by atoms with Gasteiger partial charge in [-0.1, -0.05) is 35.2 Å². The van der Waals surface area contributed by atoms with Gasteiger partial charge in [0.25, 0.3) is 0 Å². The molecule has 4 nitrogen and oxygen atoms in total. The molecule has 5 heteroatoms. The predicted molar refractivity (Wildman–Crippen MR) is 86.9 cm³/mol. The lowest BCUT2D eigenvalue weighted by Crippen LogP contribution is -2.50. The summed E-state index contributed by atoms with van der Waals surface area (Å²) in [6, 6.07) is 8.17. The summed E-state index contributed by atoms with van der Waals surface area (Å²) in [5.74, 6) is -0.124. The molecule has 1 aliphatic carbocycles. The van der Waals surface area contributed by atoms with Gasteiger partial charge in [-0.15, -0.1) is 0 Å². The van der Waals surface area contributed by atoms with E-state index >= 15 is 0 Å². The third-order valence-electron chi connectivity index (χ3n) is 3.93. The minimum absolute atomic E-state index is 0.124. The quantitative estimate of drug-likeness (QED) is 0.873. The summed E-state index contributed by atoms with van der Waals surface area (Å²) >= 11 is 3.42. The minimum Gasteiger partial charge on any atom is -0.376 e. The maximum atomic E-state index is 12.1. The molecular weight excluding hydrogens is 330 g/mol. The lowest BCUT2D eigenvalue weighted by Gasteiger charge is -2.31. The van der Waals surface area contributed by atoms with Gasteiger partial charge in [0.05, 0.1) is 12.6 Å². The second kappa shape index (κ2) is 6.95. The molecule has 0 saturated heterocycles. The van der Waals surface area contributed by atoms with Crippen LogP contribution in [0.25, 0.3) is 0 Å². The normalized spacial score (nSPS) is 16.8. The van der Waals surface area contributed by atoms with Gasteiger partial charge in [0, 0.05) is 10.2 Å². The molecule has 21 heavy (non-hydrogen) atoms. The van der Waals surface area contributed by atoms with Gasteiger partial charge in [-0.3, -0.25) is 4.79 Å². The lowest BCUT2D eigenvalue weighted by atomic mass is 9.83.